The van der Waals surface area contributed by atoms with E-state index in [9.17, 15) is 36.3 Å². The molecule has 3 heterocycles. The molecule has 258 valence electrons. The Kier molecular flexibility index (Phi) is 11.3. The van der Waals surface area contributed by atoms with E-state index in [1.54, 1.807) is 60.7 Å². The number of rotatable bonds is 10. The lowest BCUT2D eigenvalue weighted by Crippen LogP contribution is -2.65. The molecule has 0 saturated carbocycles. The standard InChI is InChI=1S/C32H36N2O6S.C2HF3O2/c1-41(38,39)28-15-8-10-25(22-28)30(35)33-18-9-19-34-20-16-24(17-21-34)29(23-34)40-31(36)32(37,26-11-4-2-5-12-26)27-13-6-3-7-14-27;3-2(4,5)1(6)7/h2-8,10-15,22,24,29,37H,9,16-21,23H2,1H3;(H,6,7)/t24?,29-,34?;/m0./s1. The Bertz CT molecular complexity index is 1650. The van der Waals surface area contributed by atoms with Gasteiger partial charge in [0.15, 0.2) is 15.9 Å². The van der Waals surface area contributed by atoms with E-state index < -0.39 is 33.6 Å². The van der Waals surface area contributed by atoms with Crippen molar-refractivity contribution in [2.75, 3.05) is 39.0 Å². The summed E-state index contributed by atoms with van der Waals surface area (Å²) in [6, 6.07) is 23.9. The number of piperidine rings is 3. The molecule has 2 bridgehead atoms. The molecule has 0 spiro atoms. The smallest absolute Gasteiger partial charge is 0.430 e. The maximum atomic E-state index is 13.7. The van der Waals surface area contributed by atoms with Gasteiger partial charge in [-0.3, -0.25) is 4.79 Å². The summed E-state index contributed by atoms with van der Waals surface area (Å²) in [5.41, 5.74) is -0.647. The van der Waals surface area contributed by atoms with Gasteiger partial charge in [-0.15, -0.1) is 0 Å². The van der Waals surface area contributed by atoms with E-state index in [4.69, 9.17) is 14.6 Å². The summed E-state index contributed by atoms with van der Waals surface area (Å²) < 4.78 is 62.2. The predicted octanol–water partition coefficient (Wildman–Crippen LogP) is 2.60. The van der Waals surface area contributed by atoms with Crippen LogP contribution < -0.4 is 10.4 Å². The highest BCUT2D eigenvalue weighted by Gasteiger charge is 2.50. The molecule has 0 radical (unpaired) electrons. The Labute approximate surface area is 276 Å². The summed E-state index contributed by atoms with van der Waals surface area (Å²) in [4.78, 5) is 35.2. The molecule has 3 fully saturated rings. The highest BCUT2D eigenvalue weighted by molar-refractivity contribution is 7.90. The number of hydrogen-bond acceptors (Lipinski definition) is 8. The number of carboxylic acid groups (broad SMARTS) is 1. The summed E-state index contributed by atoms with van der Waals surface area (Å²) in [5.74, 6) is -3.71. The minimum absolute atomic E-state index is 0.117. The minimum Gasteiger partial charge on any atom is -0.542 e. The zero-order valence-corrected chi connectivity index (χ0v) is 27.0. The third-order valence-electron chi connectivity index (χ3n) is 8.83. The number of benzene rings is 3. The molecular weight excluding hydrogens is 653 g/mol. The molecule has 3 aliphatic heterocycles. The zero-order valence-electron chi connectivity index (χ0n) is 26.2. The fraction of sp³-hybridized carbons (Fsp3) is 0.382. The van der Waals surface area contributed by atoms with Crippen LogP contribution >= 0.6 is 0 Å². The van der Waals surface area contributed by atoms with E-state index in [-0.39, 0.29) is 22.8 Å². The Hall–Kier alpha value is -4.27. The number of alkyl halides is 3. The number of amides is 1. The zero-order chi connectivity index (χ0) is 35.2. The molecule has 14 heteroatoms. The topological polar surface area (TPSA) is 150 Å². The number of aliphatic hydroxyl groups is 1. The maximum Gasteiger partial charge on any atom is 0.430 e. The number of carbonyl (C=O) groups excluding carboxylic acids is 3. The maximum absolute atomic E-state index is 13.7. The van der Waals surface area contributed by atoms with Crippen LogP contribution in [-0.4, -0.2) is 87.1 Å². The first kappa shape index (κ1) is 36.6. The van der Waals surface area contributed by atoms with Gasteiger partial charge in [-0.2, -0.15) is 13.2 Å². The van der Waals surface area contributed by atoms with E-state index >= 15 is 0 Å². The van der Waals surface area contributed by atoms with Gasteiger partial charge in [-0.05, 0) is 29.3 Å². The monoisotopic (exact) mass is 690 g/mol. The number of fused-ring (bicyclic) bond motifs is 3. The third-order valence-corrected chi connectivity index (χ3v) is 9.94. The Balaban J connectivity index is 0.000000671. The molecule has 3 aromatic rings. The second-order valence-electron chi connectivity index (χ2n) is 12.1. The molecule has 2 N–H and O–H groups in total. The first-order chi connectivity index (χ1) is 22.5. The van der Waals surface area contributed by atoms with Crippen molar-refractivity contribution in [2.24, 2.45) is 5.92 Å². The van der Waals surface area contributed by atoms with Gasteiger partial charge in [0.2, 0.25) is 5.60 Å². The van der Waals surface area contributed by atoms with Crippen molar-refractivity contribution in [2.45, 2.75) is 42.0 Å². The van der Waals surface area contributed by atoms with Crippen LogP contribution in [0.15, 0.2) is 89.8 Å². The summed E-state index contributed by atoms with van der Waals surface area (Å²) >= 11 is 0. The number of esters is 1. The minimum atomic E-state index is -5.19. The van der Waals surface area contributed by atoms with Crippen molar-refractivity contribution in [3.63, 3.8) is 0 Å². The molecule has 10 nitrogen and oxygen atoms in total. The second-order valence-corrected chi connectivity index (χ2v) is 14.1. The fourth-order valence-corrected chi connectivity index (χ4v) is 6.91. The fourth-order valence-electron chi connectivity index (χ4n) is 6.24. The SMILES string of the molecule is CS(=O)(=O)c1cccc(C(=O)NCCC[N+]23CCC(CC2)[C@@H](OC(=O)C(O)(c2ccccc2)c2ccccc2)C3)c1.O=C([O-])C(F)(F)F. The number of quaternary nitrogens is 1. The van der Waals surface area contributed by atoms with E-state index in [1.807, 2.05) is 12.1 Å². The van der Waals surface area contributed by atoms with Gasteiger partial charge in [0, 0.05) is 43.5 Å². The average molecular weight is 691 g/mol. The van der Waals surface area contributed by atoms with Crippen LogP contribution in [0.1, 0.15) is 40.7 Å². The van der Waals surface area contributed by atoms with Crippen molar-refractivity contribution >= 4 is 27.7 Å². The quantitative estimate of drug-likeness (QED) is 0.187. The molecule has 3 saturated heterocycles. The number of halogens is 3. The van der Waals surface area contributed by atoms with E-state index in [2.05, 4.69) is 5.32 Å². The van der Waals surface area contributed by atoms with Crippen LogP contribution in [0.5, 0.6) is 0 Å². The number of carbonyl (C=O) groups is 3. The lowest BCUT2D eigenvalue weighted by atomic mass is 9.82. The molecule has 3 aromatic carbocycles. The largest absolute Gasteiger partial charge is 0.542 e. The number of ether oxygens (including phenoxy) is 1. The van der Waals surface area contributed by atoms with Crippen molar-refractivity contribution in [3.05, 3.63) is 102 Å². The van der Waals surface area contributed by atoms with Crippen LogP contribution in [0.3, 0.4) is 0 Å². The molecule has 1 atom stereocenters. The number of nitrogens with zero attached hydrogens (tertiary/aromatic N) is 1. The number of carboxylic acids is 1. The third kappa shape index (κ3) is 8.79. The normalized spacial score (nSPS) is 20.6. The molecule has 1 amide bonds. The molecule has 6 rings (SSSR count). The summed E-state index contributed by atoms with van der Waals surface area (Å²) in [7, 11) is -3.39. The van der Waals surface area contributed by atoms with Gasteiger partial charge in [0.05, 0.1) is 24.5 Å². The van der Waals surface area contributed by atoms with Crippen LogP contribution in [0.2, 0.25) is 0 Å². The highest BCUT2D eigenvalue weighted by Crippen LogP contribution is 2.38. The van der Waals surface area contributed by atoms with Gasteiger partial charge < -0.3 is 29.5 Å². The lowest BCUT2D eigenvalue weighted by Gasteiger charge is -2.52. The van der Waals surface area contributed by atoms with Crippen LogP contribution in [0, 0.1) is 5.92 Å². The first-order valence-electron chi connectivity index (χ1n) is 15.3. The van der Waals surface area contributed by atoms with Gasteiger partial charge in [0.1, 0.15) is 12.5 Å². The van der Waals surface area contributed by atoms with E-state index in [0.29, 0.717) is 29.8 Å². The lowest BCUT2D eigenvalue weighted by molar-refractivity contribution is -0.946. The Morgan fingerprint density at radius 1 is 0.938 bits per heavy atom. The average Bonchev–Trinajstić information content (AvgIpc) is 3.07. The second kappa shape index (κ2) is 14.9. The highest BCUT2D eigenvalue weighted by atomic mass is 32.2. The van der Waals surface area contributed by atoms with Gasteiger partial charge in [-0.1, -0.05) is 66.7 Å². The predicted molar refractivity (Wildman–Crippen MR) is 166 cm³/mol. The van der Waals surface area contributed by atoms with Crippen molar-refractivity contribution < 1.29 is 55.4 Å². The van der Waals surface area contributed by atoms with Gasteiger partial charge in [0.25, 0.3) is 5.91 Å². The Morgan fingerprint density at radius 3 is 1.98 bits per heavy atom. The first-order valence-corrected chi connectivity index (χ1v) is 17.2. The molecule has 0 aliphatic carbocycles. The number of sulfone groups is 1. The molecule has 0 unspecified atom stereocenters. The van der Waals surface area contributed by atoms with Crippen LogP contribution in [0.25, 0.3) is 0 Å². The van der Waals surface area contributed by atoms with Crippen molar-refractivity contribution in [1.82, 2.24) is 5.32 Å². The van der Waals surface area contributed by atoms with E-state index in [1.165, 1.54) is 12.1 Å². The molecule has 0 aromatic heterocycles. The summed E-state index contributed by atoms with van der Waals surface area (Å²) in [5, 5.41) is 23.5. The van der Waals surface area contributed by atoms with Crippen molar-refractivity contribution in [3.8, 4) is 0 Å². The number of aliphatic carboxylic acids is 1. The Morgan fingerprint density at radius 2 is 1.48 bits per heavy atom. The van der Waals surface area contributed by atoms with Crippen LogP contribution in [0.4, 0.5) is 13.2 Å². The molecule has 3 aliphatic rings. The van der Waals surface area contributed by atoms with Crippen molar-refractivity contribution in [1.29, 1.82) is 0 Å². The summed E-state index contributed by atoms with van der Waals surface area (Å²) in [6.07, 6.45) is -1.75. The number of nitrogens with one attached hydrogen (secondary N) is 1. The van der Waals surface area contributed by atoms with E-state index in [0.717, 1.165) is 49.6 Å². The number of hydrogen-bond donors (Lipinski definition) is 2. The molecule has 48 heavy (non-hydrogen) atoms. The van der Waals surface area contributed by atoms with Crippen LogP contribution in [-0.2, 0) is 29.8 Å². The summed E-state index contributed by atoms with van der Waals surface area (Å²) in [6.45, 7) is 3.94. The molecular formula is C34H37F3N2O8S. The van der Waals surface area contributed by atoms with Gasteiger partial charge in [-0.25, -0.2) is 13.2 Å². The van der Waals surface area contributed by atoms with Gasteiger partial charge >= 0.3 is 12.1 Å².